The van der Waals surface area contributed by atoms with E-state index in [1.807, 2.05) is 53.4 Å². The van der Waals surface area contributed by atoms with Gasteiger partial charge in [-0.05, 0) is 18.2 Å². The van der Waals surface area contributed by atoms with Crippen molar-refractivity contribution in [1.82, 2.24) is 24.6 Å². The van der Waals surface area contributed by atoms with Crippen LogP contribution in [0, 0.1) is 11.6 Å². The number of nitrogens with zero attached hydrogens (tertiary/aromatic N) is 5. The van der Waals surface area contributed by atoms with E-state index < -0.39 is 11.6 Å². The minimum atomic E-state index is -0.838. The van der Waals surface area contributed by atoms with Gasteiger partial charge in [-0.3, -0.25) is 14.4 Å². The summed E-state index contributed by atoms with van der Waals surface area (Å²) in [7, 11) is 1.84. The lowest BCUT2D eigenvalue weighted by Gasteiger charge is -2.35. The molecule has 6 nitrogen and oxygen atoms in total. The number of hydrogen-bond acceptors (Lipinski definition) is 4. The second-order valence-corrected chi connectivity index (χ2v) is 8.26. The van der Waals surface area contributed by atoms with Crippen LogP contribution in [0.1, 0.15) is 15.9 Å². The summed E-state index contributed by atoms with van der Waals surface area (Å²) >= 11 is 0. The Morgan fingerprint density at radius 1 is 1.03 bits per heavy atom. The molecule has 0 spiro atoms. The number of halogens is 2. The van der Waals surface area contributed by atoms with Crippen LogP contribution in [-0.2, 0) is 13.6 Å². The van der Waals surface area contributed by atoms with Crippen molar-refractivity contribution in [3.63, 3.8) is 0 Å². The van der Waals surface area contributed by atoms with Crippen molar-refractivity contribution in [2.75, 3.05) is 26.2 Å². The molecule has 0 bridgehead atoms. The Labute approximate surface area is 190 Å². The fraction of sp³-hybridized carbons (Fsp3) is 0.240. The van der Waals surface area contributed by atoms with Crippen molar-refractivity contribution in [2.45, 2.75) is 6.54 Å². The van der Waals surface area contributed by atoms with Gasteiger partial charge in [-0.2, -0.15) is 5.10 Å². The van der Waals surface area contributed by atoms with E-state index >= 15 is 0 Å². The summed E-state index contributed by atoms with van der Waals surface area (Å²) in [6.45, 7) is 2.50. The highest BCUT2D eigenvalue weighted by Crippen LogP contribution is 2.26. The van der Waals surface area contributed by atoms with Gasteiger partial charge in [0.25, 0.3) is 5.91 Å². The van der Waals surface area contributed by atoms with Crippen molar-refractivity contribution < 1.29 is 13.6 Å². The van der Waals surface area contributed by atoms with E-state index in [1.165, 1.54) is 6.07 Å². The van der Waals surface area contributed by atoms with Crippen LogP contribution in [0.2, 0.25) is 0 Å². The van der Waals surface area contributed by atoms with Gasteiger partial charge in [0, 0.05) is 62.5 Å². The molecule has 0 aliphatic carbocycles. The number of hydrogen-bond donors (Lipinski definition) is 0. The minimum absolute atomic E-state index is 0.0599. The first-order valence-electron chi connectivity index (χ1n) is 10.8. The van der Waals surface area contributed by atoms with Gasteiger partial charge >= 0.3 is 0 Å². The predicted octanol–water partition coefficient (Wildman–Crippen LogP) is 3.87. The molecule has 4 aromatic rings. The molecule has 2 aromatic carbocycles. The highest BCUT2D eigenvalue weighted by atomic mass is 19.2. The number of fused-ring (bicyclic) bond motifs is 1. The predicted molar refractivity (Wildman–Crippen MR) is 121 cm³/mol. The molecule has 2 aromatic heterocycles. The number of para-hydroxylation sites is 1. The molecule has 33 heavy (non-hydrogen) atoms. The molecule has 5 rings (SSSR count). The number of rotatable bonds is 4. The first-order valence-corrected chi connectivity index (χ1v) is 10.8. The van der Waals surface area contributed by atoms with Gasteiger partial charge in [0.15, 0.2) is 11.6 Å². The lowest BCUT2D eigenvalue weighted by molar-refractivity contribution is 0.0628. The van der Waals surface area contributed by atoms with E-state index in [2.05, 4.69) is 5.10 Å². The molecule has 1 aliphatic rings. The molecule has 1 fully saturated rings. The van der Waals surface area contributed by atoms with E-state index in [-0.39, 0.29) is 5.91 Å². The second kappa shape index (κ2) is 8.71. The van der Waals surface area contributed by atoms with E-state index in [4.69, 9.17) is 4.98 Å². The Kier molecular flexibility index (Phi) is 5.60. The third kappa shape index (κ3) is 4.21. The molecule has 0 radical (unpaired) electrons. The molecule has 8 heteroatoms. The molecule has 3 heterocycles. The zero-order valence-corrected chi connectivity index (χ0v) is 18.2. The van der Waals surface area contributed by atoms with Crippen molar-refractivity contribution in [2.24, 2.45) is 7.05 Å². The van der Waals surface area contributed by atoms with Crippen molar-refractivity contribution in [3.8, 4) is 11.3 Å². The molecule has 1 aliphatic heterocycles. The molecule has 1 amide bonds. The number of benzene rings is 2. The lowest BCUT2D eigenvalue weighted by Crippen LogP contribution is -2.48. The second-order valence-electron chi connectivity index (χ2n) is 8.26. The third-order valence-electron chi connectivity index (χ3n) is 6.03. The quantitative estimate of drug-likeness (QED) is 0.477. The molecule has 0 atom stereocenters. The van der Waals surface area contributed by atoms with Gasteiger partial charge in [-0.1, -0.05) is 30.3 Å². The topological polar surface area (TPSA) is 54.3 Å². The van der Waals surface area contributed by atoms with Crippen molar-refractivity contribution in [3.05, 3.63) is 83.7 Å². The maximum atomic E-state index is 14.0. The van der Waals surface area contributed by atoms with Crippen LogP contribution in [0.4, 0.5) is 8.78 Å². The third-order valence-corrected chi connectivity index (χ3v) is 6.03. The number of amides is 1. The van der Waals surface area contributed by atoms with Crippen LogP contribution >= 0.6 is 0 Å². The number of carbonyl (C=O) groups excluding carboxylic acids is 1. The Balaban J connectivity index is 1.36. The highest BCUT2D eigenvalue weighted by molar-refractivity contribution is 6.07. The van der Waals surface area contributed by atoms with Gasteiger partial charge in [0.1, 0.15) is 0 Å². The molecule has 0 saturated carbocycles. The Morgan fingerprint density at radius 2 is 1.82 bits per heavy atom. The van der Waals surface area contributed by atoms with Crippen molar-refractivity contribution in [1.29, 1.82) is 0 Å². The average Bonchev–Trinajstić information content (AvgIpc) is 3.27. The number of pyridine rings is 1. The van der Waals surface area contributed by atoms with Crippen LogP contribution in [0.3, 0.4) is 0 Å². The van der Waals surface area contributed by atoms with E-state index in [0.717, 1.165) is 22.5 Å². The summed E-state index contributed by atoms with van der Waals surface area (Å²) in [5, 5.41) is 5.02. The van der Waals surface area contributed by atoms with Crippen LogP contribution in [0.5, 0.6) is 0 Å². The normalized spacial score (nSPS) is 14.7. The van der Waals surface area contributed by atoms with Gasteiger partial charge < -0.3 is 4.90 Å². The fourth-order valence-electron chi connectivity index (χ4n) is 4.24. The van der Waals surface area contributed by atoms with Crippen LogP contribution in [0.15, 0.2) is 60.9 Å². The SMILES string of the molecule is Cn1cc(-c2cc(C(=O)N3CCN(Cc4cccc(F)c4F)CC3)c3ccccc3n2)cn1. The minimum Gasteiger partial charge on any atom is -0.336 e. The zero-order valence-electron chi connectivity index (χ0n) is 18.2. The first-order chi connectivity index (χ1) is 16.0. The van der Waals surface area contributed by atoms with E-state index in [0.29, 0.717) is 49.5 Å². The summed E-state index contributed by atoms with van der Waals surface area (Å²) in [4.78, 5) is 22.1. The summed E-state index contributed by atoms with van der Waals surface area (Å²) in [6, 6.07) is 13.7. The number of aryl methyl sites for hydroxylation is 1. The molecular formula is C25H23F2N5O. The monoisotopic (exact) mass is 447 g/mol. The number of aromatic nitrogens is 3. The maximum Gasteiger partial charge on any atom is 0.254 e. The first kappa shape index (κ1) is 21.2. The summed E-state index contributed by atoms with van der Waals surface area (Å²) in [5.74, 6) is -1.70. The summed E-state index contributed by atoms with van der Waals surface area (Å²) in [5.41, 5.74) is 3.23. The average molecular weight is 447 g/mol. The highest BCUT2D eigenvalue weighted by Gasteiger charge is 2.25. The smallest absolute Gasteiger partial charge is 0.254 e. The van der Waals surface area contributed by atoms with Gasteiger partial charge in [0.2, 0.25) is 0 Å². The standard InChI is InChI=1S/C25H23F2N5O/c1-30-15-18(14-28-30)23-13-20(19-6-2-3-8-22(19)29-23)25(33)32-11-9-31(10-12-32)16-17-5-4-7-21(26)24(17)27/h2-8,13-15H,9-12,16H2,1H3. The summed E-state index contributed by atoms with van der Waals surface area (Å²) in [6.07, 6.45) is 3.60. The Bertz CT molecular complexity index is 1330. The Hall–Kier alpha value is -3.65. The molecule has 0 unspecified atom stereocenters. The molecule has 168 valence electrons. The van der Waals surface area contributed by atoms with Crippen LogP contribution < -0.4 is 0 Å². The zero-order chi connectivity index (χ0) is 22.9. The molecule has 1 saturated heterocycles. The number of piperazine rings is 1. The van der Waals surface area contributed by atoms with Crippen molar-refractivity contribution >= 4 is 16.8 Å². The van der Waals surface area contributed by atoms with Gasteiger partial charge in [-0.15, -0.1) is 0 Å². The lowest BCUT2D eigenvalue weighted by atomic mass is 10.0. The van der Waals surface area contributed by atoms with E-state index in [1.54, 1.807) is 16.9 Å². The number of carbonyl (C=O) groups is 1. The molecular weight excluding hydrogens is 424 g/mol. The van der Waals surface area contributed by atoms with Gasteiger partial charge in [0.05, 0.1) is 23.0 Å². The molecule has 0 N–H and O–H groups in total. The summed E-state index contributed by atoms with van der Waals surface area (Å²) < 4.78 is 29.3. The van der Waals surface area contributed by atoms with Gasteiger partial charge in [-0.25, -0.2) is 13.8 Å². The Morgan fingerprint density at radius 3 is 2.58 bits per heavy atom. The van der Waals surface area contributed by atoms with Crippen LogP contribution in [0.25, 0.3) is 22.2 Å². The fourth-order valence-corrected chi connectivity index (χ4v) is 4.24. The maximum absolute atomic E-state index is 14.0. The van der Waals surface area contributed by atoms with E-state index in [9.17, 15) is 13.6 Å². The van der Waals surface area contributed by atoms with Crippen LogP contribution in [-0.4, -0.2) is 56.7 Å². The largest absolute Gasteiger partial charge is 0.336 e.